The molecule has 0 saturated heterocycles. The molecule has 0 fully saturated rings. The van der Waals surface area contributed by atoms with Gasteiger partial charge in [-0.3, -0.25) is 10.1 Å². The first-order valence-electron chi connectivity index (χ1n) is 5.70. The molecule has 0 spiro atoms. The van der Waals surface area contributed by atoms with Gasteiger partial charge in [0.25, 0.3) is 0 Å². The highest BCUT2D eigenvalue weighted by Crippen LogP contribution is 2.30. The molecule has 0 aromatic carbocycles. The Hall–Kier alpha value is -2.00. The van der Waals surface area contributed by atoms with E-state index < -0.39 is 23.7 Å². The molecule has 19 heavy (non-hydrogen) atoms. The molecule has 1 aromatic rings. The Bertz CT molecular complexity index is 450. The molecule has 0 bridgehead atoms. The molecule has 9 heteroatoms. The summed E-state index contributed by atoms with van der Waals surface area (Å²) in [6.45, 7) is 2.97. The number of aliphatic hydroxyl groups excluding tert-OH is 2. The summed E-state index contributed by atoms with van der Waals surface area (Å²) < 4.78 is 0. The largest absolute Gasteiger partial charge is 0.394 e. The standard InChI is InChI=1S/C10H17N5O4/c1-3-11-8-7(15(18)19)9(13-6-12-8)14-10(2,4-16)5-17/h6,16-17H,3-5H2,1-2H3,(H2,11,12,13,14). The van der Waals surface area contributed by atoms with E-state index in [2.05, 4.69) is 20.6 Å². The van der Waals surface area contributed by atoms with Crippen molar-refractivity contribution in [3.8, 4) is 0 Å². The molecule has 0 radical (unpaired) electrons. The number of rotatable bonds is 7. The summed E-state index contributed by atoms with van der Waals surface area (Å²) in [6, 6.07) is 0. The quantitative estimate of drug-likeness (QED) is 0.401. The molecule has 106 valence electrons. The van der Waals surface area contributed by atoms with E-state index in [1.54, 1.807) is 6.92 Å². The van der Waals surface area contributed by atoms with E-state index in [1.165, 1.54) is 13.3 Å². The van der Waals surface area contributed by atoms with Gasteiger partial charge in [0, 0.05) is 6.54 Å². The molecule has 0 unspecified atom stereocenters. The summed E-state index contributed by atoms with van der Waals surface area (Å²) in [5, 5.41) is 34.9. The zero-order chi connectivity index (χ0) is 14.5. The van der Waals surface area contributed by atoms with Gasteiger partial charge in [0.1, 0.15) is 6.33 Å². The molecule has 1 rings (SSSR count). The SMILES string of the molecule is CCNc1ncnc(NC(C)(CO)CO)c1[N+](=O)[O-]. The van der Waals surface area contributed by atoms with E-state index in [0.717, 1.165) is 0 Å². The monoisotopic (exact) mass is 271 g/mol. The molecular formula is C10H17N5O4. The maximum absolute atomic E-state index is 11.1. The molecule has 1 heterocycles. The van der Waals surface area contributed by atoms with Crippen LogP contribution in [0.1, 0.15) is 13.8 Å². The van der Waals surface area contributed by atoms with Crippen LogP contribution in [0.25, 0.3) is 0 Å². The van der Waals surface area contributed by atoms with Gasteiger partial charge in [-0.1, -0.05) is 0 Å². The third kappa shape index (κ3) is 3.48. The minimum atomic E-state index is -1.11. The number of anilines is 2. The second kappa shape index (κ2) is 6.25. The van der Waals surface area contributed by atoms with Crippen LogP contribution in [0, 0.1) is 10.1 Å². The summed E-state index contributed by atoms with van der Waals surface area (Å²) >= 11 is 0. The fourth-order valence-corrected chi connectivity index (χ4v) is 1.35. The minimum absolute atomic E-state index is 0.0541. The summed E-state index contributed by atoms with van der Waals surface area (Å²) in [4.78, 5) is 18.1. The number of nitrogens with zero attached hydrogens (tertiary/aromatic N) is 3. The van der Waals surface area contributed by atoms with Gasteiger partial charge in [-0.05, 0) is 13.8 Å². The lowest BCUT2D eigenvalue weighted by atomic mass is 10.1. The van der Waals surface area contributed by atoms with Crippen molar-refractivity contribution < 1.29 is 15.1 Å². The molecular weight excluding hydrogens is 254 g/mol. The lowest BCUT2D eigenvalue weighted by Crippen LogP contribution is -2.43. The van der Waals surface area contributed by atoms with Crippen LogP contribution in [-0.4, -0.2) is 50.4 Å². The number of nitrogens with one attached hydrogen (secondary N) is 2. The van der Waals surface area contributed by atoms with E-state index in [-0.39, 0.29) is 17.3 Å². The summed E-state index contributed by atoms with van der Waals surface area (Å²) in [5.74, 6) is 0.0322. The normalized spacial score (nSPS) is 11.2. The predicted molar refractivity (Wildman–Crippen MR) is 69.0 cm³/mol. The molecule has 0 aliphatic heterocycles. The van der Waals surface area contributed by atoms with Crippen molar-refractivity contribution in [2.75, 3.05) is 30.4 Å². The molecule has 0 aliphatic rings. The fourth-order valence-electron chi connectivity index (χ4n) is 1.35. The highest BCUT2D eigenvalue weighted by atomic mass is 16.6. The van der Waals surface area contributed by atoms with Crippen molar-refractivity contribution >= 4 is 17.3 Å². The fraction of sp³-hybridized carbons (Fsp3) is 0.600. The van der Waals surface area contributed by atoms with Crippen LogP contribution in [0.4, 0.5) is 17.3 Å². The first-order valence-corrected chi connectivity index (χ1v) is 5.70. The molecule has 0 atom stereocenters. The van der Waals surface area contributed by atoms with Crippen LogP contribution in [0.15, 0.2) is 6.33 Å². The topological polar surface area (TPSA) is 133 Å². The molecule has 0 saturated carbocycles. The maximum atomic E-state index is 11.1. The van der Waals surface area contributed by atoms with Gasteiger partial charge in [0.05, 0.1) is 23.7 Å². The third-order valence-electron chi connectivity index (χ3n) is 2.47. The van der Waals surface area contributed by atoms with Gasteiger partial charge < -0.3 is 20.8 Å². The number of aliphatic hydroxyl groups is 2. The summed E-state index contributed by atoms with van der Waals surface area (Å²) in [7, 11) is 0. The van der Waals surface area contributed by atoms with E-state index in [1.807, 2.05) is 0 Å². The highest BCUT2D eigenvalue weighted by molar-refractivity contribution is 5.69. The van der Waals surface area contributed by atoms with Gasteiger partial charge in [0.15, 0.2) is 0 Å². The number of hydrogen-bond donors (Lipinski definition) is 4. The average molecular weight is 271 g/mol. The van der Waals surface area contributed by atoms with Crippen LogP contribution >= 0.6 is 0 Å². The Morgan fingerprint density at radius 2 is 1.95 bits per heavy atom. The average Bonchev–Trinajstić information content (AvgIpc) is 2.39. The third-order valence-corrected chi connectivity index (χ3v) is 2.47. The second-order valence-electron chi connectivity index (χ2n) is 4.21. The molecule has 9 nitrogen and oxygen atoms in total. The van der Waals surface area contributed by atoms with Gasteiger partial charge in [-0.2, -0.15) is 0 Å². The number of hydrogen-bond acceptors (Lipinski definition) is 8. The van der Waals surface area contributed by atoms with Crippen molar-refractivity contribution in [2.24, 2.45) is 0 Å². The number of nitro groups is 1. The highest BCUT2D eigenvalue weighted by Gasteiger charge is 2.29. The van der Waals surface area contributed by atoms with Crippen LogP contribution < -0.4 is 10.6 Å². The van der Waals surface area contributed by atoms with E-state index >= 15 is 0 Å². The van der Waals surface area contributed by atoms with E-state index in [0.29, 0.717) is 6.54 Å². The van der Waals surface area contributed by atoms with Crippen molar-refractivity contribution in [1.82, 2.24) is 9.97 Å². The van der Waals surface area contributed by atoms with E-state index in [4.69, 9.17) is 0 Å². The van der Waals surface area contributed by atoms with Crippen molar-refractivity contribution in [2.45, 2.75) is 19.4 Å². The van der Waals surface area contributed by atoms with Crippen molar-refractivity contribution in [3.63, 3.8) is 0 Å². The van der Waals surface area contributed by atoms with Crippen molar-refractivity contribution in [3.05, 3.63) is 16.4 Å². The minimum Gasteiger partial charge on any atom is -0.394 e. The molecule has 0 amide bonds. The van der Waals surface area contributed by atoms with Crippen molar-refractivity contribution in [1.29, 1.82) is 0 Å². The smallest absolute Gasteiger partial charge is 0.353 e. The Balaban J connectivity index is 3.20. The second-order valence-corrected chi connectivity index (χ2v) is 4.21. The van der Waals surface area contributed by atoms with Gasteiger partial charge in [0.2, 0.25) is 11.6 Å². The van der Waals surface area contributed by atoms with Gasteiger partial charge in [-0.15, -0.1) is 0 Å². The Labute approximate surface area is 109 Å². The lowest BCUT2D eigenvalue weighted by molar-refractivity contribution is -0.383. The van der Waals surface area contributed by atoms with Crippen LogP contribution in [0.2, 0.25) is 0 Å². The molecule has 1 aromatic heterocycles. The van der Waals surface area contributed by atoms with E-state index in [9.17, 15) is 20.3 Å². The van der Waals surface area contributed by atoms with Gasteiger partial charge in [-0.25, -0.2) is 9.97 Å². The van der Waals surface area contributed by atoms with Gasteiger partial charge >= 0.3 is 5.69 Å². The first kappa shape index (κ1) is 15.1. The zero-order valence-corrected chi connectivity index (χ0v) is 10.8. The summed E-state index contributed by atoms with van der Waals surface area (Å²) in [6.07, 6.45) is 1.17. The Kier molecular flexibility index (Phi) is 4.95. The van der Waals surface area contributed by atoms with Crippen LogP contribution in [0.5, 0.6) is 0 Å². The molecule has 4 N–H and O–H groups in total. The van der Waals surface area contributed by atoms with Crippen LogP contribution in [0.3, 0.4) is 0 Å². The maximum Gasteiger partial charge on any atom is 0.353 e. The lowest BCUT2D eigenvalue weighted by Gasteiger charge is -2.26. The van der Waals surface area contributed by atoms with Crippen LogP contribution in [-0.2, 0) is 0 Å². The summed E-state index contributed by atoms with van der Waals surface area (Å²) in [5.41, 5.74) is -1.43. The predicted octanol–water partition coefficient (Wildman–Crippen LogP) is -0.0282. The zero-order valence-electron chi connectivity index (χ0n) is 10.8. The molecule has 0 aliphatic carbocycles. The Morgan fingerprint density at radius 1 is 1.37 bits per heavy atom. The number of aromatic nitrogens is 2. The Morgan fingerprint density at radius 3 is 2.42 bits per heavy atom. The first-order chi connectivity index (χ1) is 8.97.